The first-order valence-electron chi connectivity index (χ1n) is 11.0. The third-order valence-electron chi connectivity index (χ3n) is 5.75. The lowest BCUT2D eigenvalue weighted by Gasteiger charge is -2.12. The van der Waals surface area contributed by atoms with Gasteiger partial charge in [-0.1, -0.05) is 17.7 Å². The maximum absolute atomic E-state index is 12.9. The molecule has 0 saturated carbocycles. The van der Waals surface area contributed by atoms with Crippen molar-refractivity contribution in [3.8, 4) is 5.69 Å². The molecule has 0 bridgehead atoms. The number of nitrogens with one attached hydrogen (secondary N) is 1. The summed E-state index contributed by atoms with van der Waals surface area (Å²) in [5, 5.41) is 11.2. The number of carbonyl (C=O) groups excluding carboxylic acids is 1. The quantitative estimate of drug-likeness (QED) is 0.595. The molecule has 1 N–H and O–H groups in total. The Labute approximate surface area is 181 Å². The van der Waals surface area contributed by atoms with Crippen LogP contribution in [0.1, 0.15) is 55.5 Å². The lowest BCUT2D eigenvalue weighted by Crippen LogP contribution is -2.25. The van der Waals surface area contributed by atoms with Gasteiger partial charge in [0.25, 0.3) is 0 Å². The van der Waals surface area contributed by atoms with Gasteiger partial charge in [0, 0.05) is 37.5 Å². The van der Waals surface area contributed by atoms with Gasteiger partial charge in [0.2, 0.25) is 11.6 Å². The molecule has 0 radical (unpaired) electrons. The van der Waals surface area contributed by atoms with Crippen LogP contribution in [-0.2, 0) is 11.2 Å². The second-order valence-electron chi connectivity index (χ2n) is 8.34. The topological polar surface area (TPSA) is 81.3 Å². The summed E-state index contributed by atoms with van der Waals surface area (Å²) in [6.45, 7) is 4.69. The van der Waals surface area contributed by atoms with Crippen LogP contribution in [0.15, 0.2) is 47.0 Å². The zero-order valence-electron chi connectivity index (χ0n) is 18.2. The van der Waals surface area contributed by atoms with Crippen molar-refractivity contribution in [1.82, 2.24) is 24.5 Å². The standard InChI is InChI=1S/C24H29N5O2/c1-17-14-18(2)16-20(15-17)28-12-13-29-21(26-27-23(29)24(28)31)8-9-22(30)25-11-10-19-6-4-3-5-7-19/h6,12-16H,3-5,7-11H2,1-2H3,(H,25,30). The molecule has 0 spiro atoms. The Morgan fingerprint density at radius 3 is 2.61 bits per heavy atom. The van der Waals surface area contributed by atoms with Crippen molar-refractivity contribution < 1.29 is 4.79 Å². The van der Waals surface area contributed by atoms with Gasteiger partial charge in [-0.3, -0.25) is 18.6 Å². The zero-order chi connectivity index (χ0) is 21.8. The van der Waals surface area contributed by atoms with Gasteiger partial charge in [0.1, 0.15) is 5.82 Å². The second-order valence-corrected chi connectivity index (χ2v) is 8.34. The molecule has 4 rings (SSSR count). The van der Waals surface area contributed by atoms with Crippen LogP contribution in [0.3, 0.4) is 0 Å². The van der Waals surface area contributed by atoms with Crippen LogP contribution in [-0.4, -0.2) is 31.6 Å². The summed E-state index contributed by atoms with van der Waals surface area (Å²) in [5.41, 5.74) is 4.49. The molecule has 0 unspecified atom stereocenters. The van der Waals surface area contributed by atoms with Crippen LogP contribution < -0.4 is 10.9 Å². The number of hydrogen-bond acceptors (Lipinski definition) is 4. The first kappa shape index (κ1) is 21.0. The SMILES string of the molecule is Cc1cc(C)cc(-n2ccn3c(CCC(=O)NCCC4=CCCCC4)nnc3c2=O)c1. The van der Waals surface area contributed by atoms with Gasteiger partial charge < -0.3 is 5.32 Å². The average molecular weight is 420 g/mol. The Morgan fingerprint density at radius 2 is 1.87 bits per heavy atom. The molecule has 0 aliphatic heterocycles. The third-order valence-corrected chi connectivity index (χ3v) is 5.75. The fourth-order valence-corrected chi connectivity index (χ4v) is 4.21. The van der Waals surface area contributed by atoms with Crippen molar-refractivity contribution in [2.45, 2.75) is 58.8 Å². The molecule has 1 amide bonds. The Balaban J connectivity index is 1.41. The number of nitrogens with zero attached hydrogens (tertiary/aromatic N) is 4. The fourth-order valence-electron chi connectivity index (χ4n) is 4.21. The summed E-state index contributed by atoms with van der Waals surface area (Å²) in [6, 6.07) is 6.01. The van der Waals surface area contributed by atoms with Crippen LogP contribution in [0.2, 0.25) is 0 Å². The molecule has 2 heterocycles. The number of allylic oxidation sites excluding steroid dienone is 1. The number of hydrogen-bond donors (Lipinski definition) is 1. The van der Waals surface area contributed by atoms with Crippen LogP contribution >= 0.6 is 0 Å². The van der Waals surface area contributed by atoms with E-state index < -0.39 is 0 Å². The number of amides is 1. The van der Waals surface area contributed by atoms with Crippen LogP contribution in [0.4, 0.5) is 0 Å². The van der Waals surface area contributed by atoms with Crippen molar-refractivity contribution in [1.29, 1.82) is 0 Å². The lowest BCUT2D eigenvalue weighted by atomic mass is 9.97. The molecule has 7 heteroatoms. The van der Waals surface area contributed by atoms with Crippen LogP contribution in [0, 0.1) is 13.8 Å². The highest BCUT2D eigenvalue weighted by molar-refractivity contribution is 5.76. The van der Waals surface area contributed by atoms with E-state index in [9.17, 15) is 9.59 Å². The predicted molar refractivity (Wildman–Crippen MR) is 121 cm³/mol. The molecule has 0 atom stereocenters. The Kier molecular flexibility index (Phi) is 6.30. The monoisotopic (exact) mass is 419 g/mol. The van der Waals surface area contributed by atoms with Gasteiger partial charge in [0.05, 0.1) is 0 Å². The lowest BCUT2D eigenvalue weighted by molar-refractivity contribution is -0.121. The molecular formula is C24H29N5O2. The predicted octanol–water partition coefficient (Wildman–Crippen LogP) is 3.44. The minimum absolute atomic E-state index is 0.00302. The largest absolute Gasteiger partial charge is 0.356 e. The van der Waals surface area contributed by atoms with Crippen molar-refractivity contribution in [2.75, 3.05) is 6.54 Å². The van der Waals surface area contributed by atoms with E-state index in [0.29, 0.717) is 25.2 Å². The molecule has 0 fully saturated rings. The van der Waals surface area contributed by atoms with E-state index in [4.69, 9.17) is 0 Å². The molecule has 3 aromatic rings. The van der Waals surface area contributed by atoms with E-state index in [-0.39, 0.29) is 17.1 Å². The van der Waals surface area contributed by atoms with Crippen molar-refractivity contribution in [3.05, 3.63) is 69.5 Å². The minimum atomic E-state index is -0.226. The average Bonchev–Trinajstić information content (AvgIpc) is 3.16. The third kappa shape index (κ3) is 4.93. The summed E-state index contributed by atoms with van der Waals surface area (Å²) in [5.74, 6) is 0.613. The molecule has 2 aromatic heterocycles. The summed E-state index contributed by atoms with van der Waals surface area (Å²) in [6.07, 6.45) is 12.4. The highest BCUT2D eigenvalue weighted by Crippen LogP contribution is 2.19. The van der Waals surface area contributed by atoms with Crippen molar-refractivity contribution >= 4 is 11.6 Å². The Hall–Kier alpha value is -3.22. The smallest absolute Gasteiger partial charge is 0.300 e. The normalized spacial score (nSPS) is 13.9. The molecular weight excluding hydrogens is 390 g/mol. The molecule has 162 valence electrons. The molecule has 1 aromatic carbocycles. The van der Waals surface area contributed by atoms with Gasteiger partial charge in [-0.2, -0.15) is 0 Å². The summed E-state index contributed by atoms with van der Waals surface area (Å²) in [4.78, 5) is 25.2. The van der Waals surface area contributed by atoms with E-state index in [1.165, 1.54) is 18.4 Å². The Morgan fingerprint density at radius 1 is 1.06 bits per heavy atom. The zero-order valence-corrected chi connectivity index (χ0v) is 18.2. The number of carbonyl (C=O) groups is 1. The maximum atomic E-state index is 12.9. The highest BCUT2D eigenvalue weighted by atomic mass is 16.1. The van der Waals surface area contributed by atoms with Crippen LogP contribution in [0.25, 0.3) is 11.3 Å². The molecule has 0 saturated heterocycles. The number of aryl methyl sites for hydroxylation is 3. The molecule has 1 aliphatic rings. The Bertz CT molecular complexity index is 1170. The number of benzene rings is 1. The molecule has 31 heavy (non-hydrogen) atoms. The van der Waals surface area contributed by atoms with E-state index in [0.717, 1.165) is 36.1 Å². The summed E-state index contributed by atoms with van der Waals surface area (Å²) < 4.78 is 3.27. The van der Waals surface area contributed by atoms with E-state index in [1.807, 2.05) is 26.0 Å². The number of rotatable bonds is 7. The van der Waals surface area contributed by atoms with Gasteiger partial charge in [0.15, 0.2) is 0 Å². The maximum Gasteiger partial charge on any atom is 0.300 e. The first-order chi connectivity index (χ1) is 15.0. The first-order valence-corrected chi connectivity index (χ1v) is 11.0. The van der Waals surface area contributed by atoms with Gasteiger partial charge in [-0.05, 0) is 69.2 Å². The van der Waals surface area contributed by atoms with Gasteiger partial charge in [-0.25, -0.2) is 0 Å². The van der Waals surface area contributed by atoms with E-state index >= 15 is 0 Å². The van der Waals surface area contributed by atoms with Crippen LogP contribution in [0.5, 0.6) is 0 Å². The van der Waals surface area contributed by atoms with Crippen molar-refractivity contribution in [2.24, 2.45) is 0 Å². The second kappa shape index (κ2) is 9.29. The fraction of sp³-hybridized carbons (Fsp3) is 0.417. The van der Waals surface area contributed by atoms with Gasteiger partial charge in [-0.15, -0.1) is 10.2 Å². The number of fused-ring (bicyclic) bond motifs is 1. The van der Waals surface area contributed by atoms with Crippen molar-refractivity contribution in [3.63, 3.8) is 0 Å². The van der Waals surface area contributed by atoms with E-state index in [1.54, 1.807) is 21.4 Å². The van der Waals surface area contributed by atoms with Gasteiger partial charge >= 0.3 is 5.56 Å². The molecule has 1 aliphatic carbocycles. The summed E-state index contributed by atoms with van der Waals surface area (Å²) in [7, 11) is 0. The minimum Gasteiger partial charge on any atom is -0.356 e. The summed E-state index contributed by atoms with van der Waals surface area (Å²) >= 11 is 0. The molecule has 7 nitrogen and oxygen atoms in total. The number of aromatic nitrogens is 4. The van der Waals surface area contributed by atoms with E-state index in [2.05, 4.69) is 27.7 Å². The highest BCUT2D eigenvalue weighted by Gasteiger charge is 2.13.